The third-order valence-corrected chi connectivity index (χ3v) is 6.08. The lowest BCUT2D eigenvalue weighted by molar-refractivity contribution is -0.372. The Hall–Kier alpha value is -0.640. The maximum atomic E-state index is 10.5. The number of hydrogen-bond donors (Lipinski definition) is 11. The molecule has 3 saturated heterocycles. The fourth-order valence-electron chi connectivity index (χ4n) is 3.93. The van der Waals surface area contributed by atoms with Crippen molar-refractivity contribution >= 4 is 0 Å². The number of rotatable bonds is 7. The van der Waals surface area contributed by atoms with Gasteiger partial charge >= 0.3 is 0 Å². The molecule has 34 heavy (non-hydrogen) atoms. The van der Waals surface area contributed by atoms with E-state index in [4.69, 9.17) is 23.7 Å². The van der Waals surface area contributed by atoms with E-state index >= 15 is 0 Å². The van der Waals surface area contributed by atoms with Gasteiger partial charge in [0.25, 0.3) is 0 Å². The second-order valence-corrected chi connectivity index (χ2v) is 8.37. The Labute approximate surface area is 192 Å². The molecule has 3 aliphatic heterocycles. The van der Waals surface area contributed by atoms with Crippen LogP contribution in [0.1, 0.15) is 0 Å². The number of hydrogen-bond acceptors (Lipinski definition) is 16. The van der Waals surface area contributed by atoms with Crippen LogP contribution in [0.2, 0.25) is 0 Å². The standard InChI is InChI=1S/C18H32O16/c19-1-4-7(21)11(25)14(28)17(32-4)34-15-12(26)8(22)5(2-20)33-18(15)30-3-6-9(23)10(24)13(27)16(29)31-6/h4-29H,1-3H2/t4-,5-,6-,7-,8-,9-,10+,11+,12+,13-,14-,15-,16?,17-,18-/m1/s1. The van der Waals surface area contributed by atoms with Gasteiger partial charge in [0.05, 0.1) is 19.8 Å². The smallest absolute Gasteiger partial charge is 0.187 e. The molecule has 0 spiro atoms. The van der Waals surface area contributed by atoms with Crippen molar-refractivity contribution in [2.75, 3.05) is 19.8 Å². The Balaban J connectivity index is 1.74. The van der Waals surface area contributed by atoms with Crippen LogP contribution in [0.5, 0.6) is 0 Å². The molecule has 3 aliphatic rings. The van der Waals surface area contributed by atoms with Crippen molar-refractivity contribution in [3.05, 3.63) is 0 Å². The Bertz CT molecular complexity index is 639. The molecule has 0 aromatic rings. The zero-order valence-corrected chi connectivity index (χ0v) is 17.7. The molecule has 0 saturated carbocycles. The van der Waals surface area contributed by atoms with Crippen molar-refractivity contribution in [3.8, 4) is 0 Å². The highest BCUT2D eigenvalue weighted by molar-refractivity contribution is 4.94. The van der Waals surface area contributed by atoms with Gasteiger partial charge in [-0.05, 0) is 0 Å². The SMILES string of the molecule is OC[C@H]1O[C@H](O[C@H]2[C@H](OC[C@H]3OC(O)[C@H](O)[C@@H](O)[C@@H]3O)O[C@H](CO)[C@@H](O)[C@@H]2O)[C@H](O)[C@@H](O)[C@@H]1O. The van der Waals surface area contributed by atoms with Crippen LogP contribution in [0, 0.1) is 0 Å². The molecule has 200 valence electrons. The summed E-state index contributed by atoms with van der Waals surface area (Å²) in [6, 6.07) is 0. The van der Waals surface area contributed by atoms with Crippen molar-refractivity contribution in [2.45, 2.75) is 92.1 Å². The summed E-state index contributed by atoms with van der Waals surface area (Å²) in [6.07, 6.45) is -25.0. The molecule has 3 fully saturated rings. The van der Waals surface area contributed by atoms with Gasteiger partial charge in [-0.3, -0.25) is 0 Å². The van der Waals surface area contributed by atoms with Gasteiger partial charge in [0.15, 0.2) is 18.9 Å². The molecule has 0 amide bonds. The van der Waals surface area contributed by atoms with Crippen molar-refractivity contribution < 1.29 is 79.9 Å². The van der Waals surface area contributed by atoms with Crippen LogP contribution in [-0.2, 0) is 23.7 Å². The zero-order chi connectivity index (χ0) is 25.3. The molecular weight excluding hydrogens is 472 g/mol. The van der Waals surface area contributed by atoms with E-state index in [-0.39, 0.29) is 0 Å². The number of aliphatic hydroxyl groups excluding tert-OH is 11. The molecule has 11 N–H and O–H groups in total. The average molecular weight is 504 g/mol. The van der Waals surface area contributed by atoms with E-state index in [9.17, 15) is 56.2 Å². The van der Waals surface area contributed by atoms with Gasteiger partial charge in [0, 0.05) is 0 Å². The van der Waals surface area contributed by atoms with Crippen LogP contribution in [0.4, 0.5) is 0 Å². The molecule has 0 radical (unpaired) electrons. The van der Waals surface area contributed by atoms with Crippen molar-refractivity contribution in [1.82, 2.24) is 0 Å². The maximum Gasteiger partial charge on any atom is 0.187 e. The van der Waals surface area contributed by atoms with Crippen LogP contribution in [0.3, 0.4) is 0 Å². The fraction of sp³-hybridized carbons (Fsp3) is 1.00. The van der Waals surface area contributed by atoms with Gasteiger partial charge in [-0.2, -0.15) is 0 Å². The topological polar surface area (TPSA) is 269 Å². The van der Waals surface area contributed by atoms with E-state index in [1.54, 1.807) is 0 Å². The van der Waals surface area contributed by atoms with Gasteiger partial charge in [-0.1, -0.05) is 0 Å². The highest BCUT2D eigenvalue weighted by Crippen LogP contribution is 2.30. The minimum Gasteiger partial charge on any atom is -0.394 e. The maximum absolute atomic E-state index is 10.5. The number of aliphatic hydroxyl groups is 11. The van der Waals surface area contributed by atoms with E-state index in [1.165, 1.54) is 0 Å². The summed E-state index contributed by atoms with van der Waals surface area (Å²) in [7, 11) is 0. The van der Waals surface area contributed by atoms with Crippen molar-refractivity contribution in [3.63, 3.8) is 0 Å². The summed E-state index contributed by atoms with van der Waals surface area (Å²) < 4.78 is 26.5. The van der Waals surface area contributed by atoms with Gasteiger partial charge in [-0.15, -0.1) is 0 Å². The average Bonchev–Trinajstić information content (AvgIpc) is 2.82. The summed E-state index contributed by atoms with van der Waals surface area (Å²) in [6.45, 7) is -2.11. The molecule has 15 atom stereocenters. The van der Waals surface area contributed by atoms with Crippen molar-refractivity contribution in [1.29, 1.82) is 0 Å². The third-order valence-electron chi connectivity index (χ3n) is 6.08. The van der Waals surface area contributed by atoms with Gasteiger partial charge < -0.3 is 79.9 Å². The predicted octanol–water partition coefficient (Wildman–Crippen LogP) is -7.57. The summed E-state index contributed by atoms with van der Waals surface area (Å²) in [5.41, 5.74) is 0. The minimum absolute atomic E-state index is 0.609. The molecule has 3 rings (SSSR count). The molecule has 0 aliphatic carbocycles. The molecule has 16 nitrogen and oxygen atoms in total. The Morgan fingerprint density at radius 2 is 1.00 bits per heavy atom. The van der Waals surface area contributed by atoms with Crippen LogP contribution < -0.4 is 0 Å². The summed E-state index contributed by atoms with van der Waals surface area (Å²) >= 11 is 0. The first-order valence-corrected chi connectivity index (χ1v) is 10.6. The second kappa shape index (κ2) is 11.6. The first-order chi connectivity index (χ1) is 16.0. The van der Waals surface area contributed by atoms with Gasteiger partial charge in [0.2, 0.25) is 0 Å². The van der Waals surface area contributed by atoms with E-state index in [0.29, 0.717) is 0 Å². The monoisotopic (exact) mass is 504 g/mol. The van der Waals surface area contributed by atoms with Crippen LogP contribution in [0.25, 0.3) is 0 Å². The third kappa shape index (κ3) is 5.52. The first-order valence-electron chi connectivity index (χ1n) is 10.6. The van der Waals surface area contributed by atoms with E-state index in [0.717, 1.165) is 0 Å². The Kier molecular flexibility index (Phi) is 9.54. The van der Waals surface area contributed by atoms with Crippen LogP contribution >= 0.6 is 0 Å². The lowest BCUT2D eigenvalue weighted by atomic mass is 9.97. The highest BCUT2D eigenvalue weighted by Gasteiger charge is 2.51. The second-order valence-electron chi connectivity index (χ2n) is 8.37. The summed E-state index contributed by atoms with van der Waals surface area (Å²) in [5.74, 6) is 0. The minimum atomic E-state index is -1.85. The molecular formula is C18H32O16. The Morgan fingerprint density at radius 3 is 1.59 bits per heavy atom. The number of ether oxygens (including phenoxy) is 5. The summed E-state index contributed by atoms with van der Waals surface area (Å²) in [4.78, 5) is 0. The van der Waals surface area contributed by atoms with E-state index in [2.05, 4.69) is 0 Å². The molecule has 0 bridgehead atoms. The van der Waals surface area contributed by atoms with Crippen LogP contribution in [0.15, 0.2) is 0 Å². The lowest BCUT2D eigenvalue weighted by Gasteiger charge is -2.46. The largest absolute Gasteiger partial charge is 0.394 e. The highest BCUT2D eigenvalue weighted by atomic mass is 16.8. The molecule has 16 heteroatoms. The predicted molar refractivity (Wildman–Crippen MR) is 101 cm³/mol. The molecule has 0 aromatic carbocycles. The Morgan fingerprint density at radius 1 is 0.500 bits per heavy atom. The summed E-state index contributed by atoms with van der Waals surface area (Å²) in [5, 5.41) is 109. The first kappa shape index (κ1) is 27.9. The molecule has 0 aromatic heterocycles. The zero-order valence-electron chi connectivity index (χ0n) is 17.7. The van der Waals surface area contributed by atoms with Gasteiger partial charge in [0.1, 0.15) is 73.2 Å². The quantitative estimate of drug-likeness (QED) is 0.154. The van der Waals surface area contributed by atoms with Crippen LogP contribution in [-0.4, -0.2) is 168 Å². The fourth-order valence-corrected chi connectivity index (χ4v) is 3.93. The van der Waals surface area contributed by atoms with E-state index < -0.39 is 112 Å². The molecule has 1 unspecified atom stereocenters. The van der Waals surface area contributed by atoms with Crippen molar-refractivity contribution in [2.24, 2.45) is 0 Å². The van der Waals surface area contributed by atoms with E-state index in [1.807, 2.05) is 0 Å². The molecule has 3 heterocycles. The van der Waals surface area contributed by atoms with Gasteiger partial charge in [-0.25, -0.2) is 0 Å². The lowest BCUT2D eigenvalue weighted by Crippen LogP contribution is -2.65. The normalized spacial score (nSPS) is 52.5.